The number of benzene rings is 2. The normalized spacial score (nSPS) is 20.1. The average molecular weight is 670 g/mol. The Balaban J connectivity index is 1.62. The molecule has 0 saturated heterocycles. The summed E-state index contributed by atoms with van der Waals surface area (Å²) in [5, 5.41) is 11.3. The molecule has 49 heavy (non-hydrogen) atoms. The van der Waals surface area contributed by atoms with Gasteiger partial charge in [0, 0.05) is 50.4 Å². The predicted molar refractivity (Wildman–Crippen MR) is 185 cm³/mol. The van der Waals surface area contributed by atoms with Crippen LogP contribution in [0.5, 0.6) is 0 Å². The van der Waals surface area contributed by atoms with E-state index < -0.39 is 35.8 Å². The molecule has 2 aromatic carbocycles. The lowest BCUT2D eigenvalue weighted by atomic mass is 10.0. The van der Waals surface area contributed by atoms with Crippen LogP contribution >= 0.6 is 0 Å². The molecule has 0 radical (unpaired) electrons. The van der Waals surface area contributed by atoms with E-state index in [1.807, 2.05) is 51.1 Å². The van der Waals surface area contributed by atoms with Crippen LogP contribution in [0.4, 0.5) is 0 Å². The van der Waals surface area contributed by atoms with Gasteiger partial charge in [-0.2, -0.15) is 0 Å². The van der Waals surface area contributed by atoms with Gasteiger partial charge in [-0.25, -0.2) is 9.97 Å². The fraction of sp³-hybridized carbons (Fsp3) is 0.432. The zero-order valence-corrected chi connectivity index (χ0v) is 28.7. The van der Waals surface area contributed by atoms with E-state index in [2.05, 4.69) is 31.2 Å². The lowest BCUT2D eigenvalue weighted by Crippen LogP contribution is -2.57. The first kappa shape index (κ1) is 36.7. The third kappa shape index (κ3) is 10.9. The topological polar surface area (TPSA) is 162 Å². The number of hydrogen-bond acceptors (Lipinski definition) is 7. The van der Waals surface area contributed by atoms with Gasteiger partial charge in [-0.1, -0.05) is 63.2 Å². The molecule has 12 heteroatoms. The first-order valence-corrected chi connectivity index (χ1v) is 17.0. The van der Waals surface area contributed by atoms with Gasteiger partial charge in [0.1, 0.15) is 23.9 Å². The van der Waals surface area contributed by atoms with Gasteiger partial charge in [0.15, 0.2) is 0 Å². The number of carbonyl (C=O) groups excluding carboxylic acids is 5. The van der Waals surface area contributed by atoms with Crippen LogP contribution in [0.25, 0.3) is 0 Å². The summed E-state index contributed by atoms with van der Waals surface area (Å²) in [5.41, 5.74) is 2.36. The third-order valence-corrected chi connectivity index (χ3v) is 8.30. The van der Waals surface area contributed by atoms with Gasteiger partial charge < -0.3 is 26.2 Å². The Kier molecular flexibility index (Phi) is 13.4. The molecule has 0 aliphatic carbocycles. The standard InChI is InChI=1S/C37H47N7O5/c1-5-32-39-21-29(22-40-32)37(49)44-18-10-9-17-38-33(45)25(4)41-35(47)30(19-24(2)3)43-36(48)31(20-26-11-7-6-8-12-26)42-34(46)28-15-13-27(23-44)14-16-28/h6-8,11-16,21-22,24-25,30-31H,5,9-10,17-20,23H2,1-4H3,(H,38,45)(H,41,47)(H,42,46)(H,43,48)/t25-,30+,31-/m1/s1. The van der Waals surface area contributed by atoms with E-state index in [1.165, 1.54) is 12.4 Å². The number of aromatic nitrogens is 2. The van der Waals surface area contributed by atoms with Crippen molar-refractivity contribution in [3.05, 3.63) is 95.1 Å². The Hall–Kier alpha value is -5.13. The fourth-order valence-corrected chi connectivity index (χ4v) is 5.51. The molecule has 2 aliphatic rings. The first-order chi connectivity index (χ1) is 23.5. The number of carbonyl (C=O) groups is 5. The predicted octanol–water partition coefficient (Wildman–Crippen LogP) is 2.97. The van der Waals surface area contributed by atoms with Gasteiger partial charge in [0.2, 0.25) is 17.7 Å². The highest BCUT2D eigenvalue weighted by molar-refractivity contribution is 5.99. The van der Waals surface area contributed by atoms with E-state index in [4.69, 9.17) is 0 Å². The quantitative estimate of drug-likeness (QED) is 0.294. The van der Waals surface area contributed by atoms with Crippen molar-refractivity contribution in [1.29, 1.82) is 0 Å². The Labute approximate surface area is 287 Å². The van der Waals surface area contributed by atoms with Gasteiger partial charge in [0.25, 0.3) is 11.8 Å². The molecule has 3 heterocycles. The Morgan fingerprint density at radius 2 is 1.53 bits per heavy atom. The molecule has 5 amide bonds. The molecular weight excluding hydrogens is 622 g/mol. The molecule has 0 saturated carbocycles. The van der Waals surface area contributed by atoms with Crippen LogP contribution in [0.3, 0.4) is 0 Å². The summed E-state index contributed by atoms with van der Waals surface area (Å²) in [6.45, 7) is 8.44. The SMILES string of the molecule is CCc1ncc(C(=O)N2CCCCNC(=O)[C@@H](C)NC(=O)[C@H](CC(C)C)NC(=O)[C@@H](Cc3ccccc3)NC(=O)c3ccc(cc3)C2)cn1. The van der Waals surface area contributed by atoms with Crippen molar-refractivity contribution >= 4 is 29.5 Å². The second kappa shape index (κ2) is 17.9. The molecule has 0 unspecified atom stereocenters. The number of nitrogens with one attached hydrogen (secondary N) is 4. The minimum Gasteiger partial charge on any atom is -0.354 e. The van der Waals surface area contributed by atoms with Gasteiger partial charge in [-0.3, -0.25) is 24.0 Å². The van der Waals surface area contributed by atoms with Crippen LogP contribution in [0.2, 0.25) is 0 Å². The molecular formula is C37H47N7O5. The number of hydrogen-bond donors (Lipinski definition) is 4. The highest BCUT2D eigenvalue weighted by Crippen LogP contribution is 2.14. The molecule has 5 rings (SSSR count). The van der Waals surface area contributed by atoms with Crippen LogP contribution in [0.15, 0.2) is 67.0 Å². The van der Waals surface area contributed by atoms with Crippen molar-refractivity contribution in [2.75, 3.05) is 13.1 Å². The lowest BCUT2D eigenvalue weighted by molar-refractivity contribution is -0.132. The first-order valence-electron chi connectivity index (χ1n) is 17.0. The van der Waals surface area contributed by atoms with Crippen LogP contribution in [-0.2, 0) is 33.8 Å². The average Bonchev–Trinajstić information content (AvgIpc) is 3.10. The van der Waals surface area contributed by atoms with Crippen molar-refractivity contribution in [1.82, 2.24) is 36.1 Å². The summed E-state index contributed by atoms with van der Waals surface area (Å²) in [7, 11) is 0. The number of fused-ring (bicyclic) bond motifs is 18. The number of amides is 5. The number of nitrogens with zero attached hydrogens (tertiary/aromatic N) is 3. The van der Waals surface area contributed by atoms with E-state index in [0.29, 0.717) is 55.7 Å². The van der Waals surface area contributed by atoms with Crippen molar-refractivity contribution in [3.8, 4) is 0 Å². The van der Waals surface area contributed by atoms with E-state index in [9.17, 15) is 24.0 Å². The molecule has 3 aromatic rings. The maximum atomic E-state index is 13.7. The van der Waals surface area contributed by atoms with E-state index >= 15 is 0 Å². The molecule has 2 aliphatic heterocycles. The third-order valence-electron chi connectivity index (χ3n) is 8.30. The summed E-state index contributed by atoms with van der Waals surface area (Å²) >= 11 is 0. The van der Waals surface area contributed by atoms with Crippen molar-refractivity contribution in [3.63, 3.8) is 0 Å². The summed E-state index contributed by atoms with van der Waals surface area (Å²) in [4.78, 5) is 77.3. The number of rotatable bonds is 6. The smallest absolute Gasteiger partial charge is 0.257 e. The highest BCUT2D eigenvalue weighted by Gasteiger charge is 2.29. The van der Waals surface area contributed by atoms with Crippen LogP contribution in [0.1, 0.15) is 84.6 Å². The fourth-order valence-electron chi connectivity index (χ4n) is 5.51. The Bertz CT molecular complexity index is 1580. The summed E-state index contributed by atoms with van der Waals surface area (Å²) in [5.74, 6) is -1.33. The maximum absolute atomic E-state index is 13.7. The van der Waals surface area contributed by atoms with Crippen LogP contribution in [-0.4, -0.2) is 75.6 Å². The monoisotopic (exact) mass is 669 g/mol. The summed E-state index contributed by atoms with van der Waals surface area (Å²) < 4.78 is 0. The zero-order chi connectivity index (χ0) is 35.3. The molecule has 3 atom stereocenters. The molecule has 2 bridgehead atoms. The van der Waals surface area contributed by atoms with E-state index in [-0.39, 0.29) is 30.7 Å². The molecule has 0 spiro atoms. The van der Waals surface area contributed by atoms with Crippen molar-refractivity contribution in [2.24, 2.45) is 5.92 Å². The Morgan fingerprint density at radius 1 is 0.857 bits per heavy atom. The minimum absolute atomic E-state index is 0.0602. The van der Waals surface area contributed by atoms with Gasteiger partial charge >= 0.3 is 0 Å². The molecule has 260 valence electrons. The van der Waals surface area contributed by atoms with Gasteiger partial charge in [-0.05, 0) is 55.4 Å². The van der Waals surface area contributed by atoms with Gasteiger partial charge in [-0.15, -0.1) is 0 Å². The zero-order valence-electron chi connectivity index (χ0n) is 28.7. The molecule has 1 aromatic heterocycles. The van der Waals surface area contributed by atoms with E-state index in [1.54, 1.807) is 36.1 Å². The van der Waals surface area contributed by atoms with Crippen LogP contribution in [0, 0.1) is 5.92 Å². The molecule has 12 nitrogen and oxygen atoms in total. The highest BCUT2D eigenvalue weighted by atomic mass is 16.2. The molecule has 4 N–H and O–H groups in total. The lowest BCUT2D eigenvalue weighted by Gasteiger charge is -2.25. The molecule has 0 fully saturated rings. The van der Waals surface area contributed by atoms with Crippen molar-refractivity contribution < 1.29 is 24.0 Å². The van der Waals surface area contributed by atoms with Gasteiger partial charge in [0.05, 0.1) is 5.56 Å². The largest absolute Gasteiger partial charge is 0.354 e. The summed E-state index contributed by atoms with van der Waals surface area (Å²) in [6.07, 6.45) is 5.45. The van der Waals surface area contributed by atoms with Crippen LogP contribution < -0.4 is 21.3 Å². The second-order valence-electron chi connectivity index (χ2n) is 12.8. The maximum Gasteiger partial charge on any atom is 0.257 e. The minimum atomic E-state index is -0.985. The Morgan fingerprint density at radius 3 is 2.18 bits per heavy atom. The van der Waals surface area contributed by atoms with E-state index in [0.717, 1.165) is 11.1 Å². The summed E-state index contributed by atoms with van der Waals surface area (Å²) in [6, 6.07) is 13.4. The van der Waals surface area contributed by atoms with Crippen molar-refractivity contribution in [2.45, 2.75) is 84.5 Å². The second-order valence-corrected chi connectivity index (χ2v) is 12.8. The number of aryl methyl sites for hydroxylation is 1.